The first kappa shape index (κ1) is 16.4. The largest absolute Gasteiger partial charge is 0.479 e. The lowest BCUT2D eigenvalue weighted by atomic mass is 10.1. The van der Waals surface area contributed by atoms with Crippen LogP contribution in [0.3, 0.4) is 0 Å². The number of rotatable bonds is 6. The fourth-order valence-electron chi connectivity index (χ4n) is 2.71. The Kier molecular flexibility index (Phi) is 5.10. The third-order valence-corrected chi connectivity index (χ3v) is 4.07. The van der Waals surface area contributed by atoms with Crippen LogP contribution in [0.1, 0.15) is 34.5 Å². The van der Waals surface area contributed by atoms with E-state index in [4.69, 9.17) is 9.47 Å². The number of hydrogen-bond donors (Lipinski definition) is 1. The Morgan fingerprint density at radius 1 is 1.42 bits per heavy atom. The number of ether oxygens (including phenoxy) is 2. The molecule has 1 fully saturated rings. The van der Waals surface area contributed by atoms with Crippen molar-refractivity contribution in [1.29, 1.82) is 0 Å². The molecule has 1 aliphatic heterocycles. The summed E-state index contributed by atoms with van der Waals surface area (Å²) < 4.78 is 12.4. The number of carbonyl (C=O) groups is 1. The Morgan fingerprint density at radius 3 is 2.88 bits per heavy atom. The van der Waals surface area contributed by atoms with Gasteiger partial charge in [-0.2, -0.15) is 0 Å². The molecule has 7 heteroatoms. The molecule has 0 aliphatic carbocycles. The first-order valence-corrected chi connectivity index (χ1v) is 8.10. The zero-order valence-electron chi connectivity index (χ0n) is 14.0. The zero-order chi connectivity index (χ0) is 16.9. The van der Waals surface area contributed by atoms with E-state index in [-0.39, 0.29) is 17.7 Å². The van der Waals surface area contributed by atoms with E-state index in [0.717, 1.165) is 25.0 Å². The average Bonchev–Trinajstić information content (AvgIpc) is 3.24. The molecule has 0 bridgehead atoms. The summed E-state index contributed by atoms with van der Waals surface area (Å²) in [7, 11) is 1.52. The summed E-state index contributed by atoms with van der Waals surface area (Å²) in [6, 6.07) is 8.11. The summed E-state index contributed by atoms with van der Waals surface area (Å²) in [6.45, 7) is 3.77. The molecule has 2 heterocycles. The summed E-state index contributed by atoms with van der Waals surface area (Å²) in [5.41, 5.74) is 2.45. The van der Waals surface area contributed by atoms with Gasteiger partial charge >= 0.3 is 0 Å². The fourth-order valence-corrected chi connectivity index (χ4v) is 2.71. The molecule has 0 saturated carbocycles. The van der Waals surface area contributed by atoms with Crippen molar-refractivity contribution < 1.29 is 14.3 Å². The molecule has 1 N–H and O–H groups in total. The van der Waals surface area contributed by atoms with E-state index in [1.807, 2.05) is 31.2 Å². The zero-order valence-corrected chi connectivity index (χ0v) is 14.0. The maximum Gasteiger partial charge on any atom is 0.277 e. The number of methoxy groups -OCH3 is 1. The summed E-state index contributed by atoms with van der Waals surface area (Å²) in [5, 5.41) is 10.9. The number of benzene rings is 1. The number of aromatic nitrogens is 3. The predicted octanol–water partition coefficient (Wildman–Crippen LogP) is 1.55. The third kappa shape index (κ3) is 3.73. The van der Waals surface area contributed by atoms with E-state index in [1.54, 1.807) is 4.68 Å². The lowest BCUT2D eigenvalue weighted by Gasteiger charge is -2.10. The number of amides is 1. The minimum atomic E-state index is -0.294. The van der Waals surface area contributed by atoms with Crippen LogP contribution in [-0.2, 0) is 11.3 Å². The molecule has 128 valence electrons. The number of hydrogen-bond acceptors (Lipinski definition) is 5. The first-order chi connectivity index (χ1) is 11.7. The smallest absolute Gasteiger partial charge is 0.277 e. The number of nitrogens with one attached hydrogen (secondary N) is 1. The van der Waals surface area contributed by atoms with E-state index in [9.17, 15) is 4.79 Å². The van der Waals surface area contributed by atoms with Gasteiger partial charge in [0.15, 0.2) is 0 Å². The molecule has 1 aromatic carbocycles. The highest BCUT2D eigenvalue weighted by atomic mass is 16.5. The third-order valence-electron chi connectivity index (χ3n) is 4.07. The van der Waals surface area contributed by atoms with Gasteiger partial charge in [0.2, 0.25) is 11.6 Å². The van der Waals surface area contributed by atoms with Crippen molar-refractivity contribution in [2.24, 2.45) is 0 Å². The van der Waals surface area contributed by atoms with Crippen molar-refractivity contribution in [3.8, 4) is 5.88 Å². The Hall–Kier alpha value is -2.41. The second-order valence-corrected chi connectivity index (χ2v) is 5.94. The molecule has 1 aromatic heterocycles. The van der Waals surface area contributed by atoms with Crippen LogP contribution in [-0.4, -0.2) is 47.3 Å². The van der Waals surface area contributed by atoms with Crippen LogP contribution in [0.15, 0.2) is 24.3 Å². The van der Waals surface area contributed by atoms with Gasteiger partial charge < -0.3 is 14.8 Å². The topological polar surface area (TPSA) is 78.3 Å². The number of nitrogens with zero attached hydrogens (tertiary/aromatic N) is 3. The maximum absolute atomic E-state index is 12.3. The molecule has 1 aliphatic rings. The molecule has 1 unspecified atom stereocenters. The molecular weight excluding hydrogens is 308 g/mol. The highest BCUT2D eigenvalue weighted by Crippen LogP contribution is 2.18. The van der Waals surface area contributed by atoms with Crippen LogP contribution in [0.2, 0.25) is 0 Å². The van der Waals surface area contributed by atoms with Crippen LogP contribution >= 0.6 is 0 Å². The van der Waals surface area contributed by atoms with Gasteiger partial charge in [-0.15, -0.1) is 5.10 Å². The van der Waals surface area contributed by atoms with Gasteiger partial charge in [-0.3, -0.25) is 4.79 Å². The Balaban J connectivity index is 1.68. The Labute approximate surface area is 141 Å². The Morgan fingerprint density at radius 2 is 2.21 bits per heavy atom. The van der Waals surface area contributed by atoms with E-state index in [0.29, 0.717) is 19.0 Å². The van der Waals surface area contributed by atoms with Crippen molar-refractivity contribution in [1.82, 2.24) is 20.3 Å². The van der Waals surface area contributed by atoms with E-state index in [1.165, 1.54) is 12.7 Å². The van der Waals surface area contributed by atoms with Crippen LogP contribution in [0.5, 0.6) is 5.88 Å². The minimum Gasteiger partial charge on any atom is -0.479 e. The Bertz CT molecular complexity index is 690. The van der Waals surface area contributed by atoms with Crippen LogP contribution < -0.4 is 10.1 Å². The summed E-state index contributed by atoms with van der Waals surface area (Å²) in [6.07, 6.45) is 2.09. The van der Waals surface area contributed by atoms with Gasteiger partial charge in [0.05, 0.1) is 19.8 Å². The van der Waals surface area contributed by atoms with Crippen molar-refractivity contribution >= 4 is 5.91 Å². The summed E-state index contributed by atoms with van der Waals surface area (Å²) in [5.74, 6) is 0.0675. The average molecular weight is 330 g/mol. The molecule has 1 atom stereocenters. The lowest BCUT2D eigenvalue weighted by Crippen LogP contribution is -2.32. The molecule has 24 heavy (non-hydrogen) atoms. The number of carbonyl (C=O) groups excluding carboxylic acids is 1. The van der Waals surface area contributed by atoms with Gasteiger partial charge in [0.1, 0.15) is 0 Å². The monoisotopic (exact) mass is 330 g/mol. The van der Waals surface area contributed by atoms with Crippen molar-refractivity contribution in [3.05, 3.63) is 41.1 Å². The second kappa shape index (κ2) is 7.44. The van der Waals surface area contributed by atoms with Crippen molar-refractivity contribution in [2.75, 3.05) is 20.3 Å². The normalized spacial score (nSPS) is 17.0. The molecule has 3 rings (SSSR count). The fraction of sp³-hybridized carbons (Fsp3) is 0.471. The molecule has 1 saturated heterocycles. The van der Waals surface area contributed by atoms with Crippen molar-refractivity contribution in [2.45, 2.75) is 32.4 Å². The lowest BCUT2D eigenvalue weighted by molar-refractivity contribution is 0.0851. The van der Waals surface area contributed by atoms with Crippen molar-refractivity contribution in [3.63, 3.8) is 0 Å². The van der Waals surface area contributed by atoms with Gasteiger partial charge in [0.25, 0.3) is 5.91 Å². The number of aryl methyl sites for hydroxylation is 1. The highest BCUT2D eigenvalue weighted by molar-refractivity contribution is 5.94. The molecule has 2 aromatic rings. The van der Waals surface area contributed by atoms with Gasteiger partial charge in [-0.05, 0) is 25.3 Å². The van der Waals surface area contributed by atoms with Crippen LogP contribution in [0.25, 0.3) is 0 Å². The quantitative estimate of drug-likeness (QED) is 0.869. The summed E-state index contributed by atoms with van der Waals surface area (Å²) in [4.78, 5) is 12.3. The predicted molar refractivity (Wildman–Crippen MR) is 88.2 cm³/mol. The van der Waals surface area contributed by atoms with Crippen LogP contribution in [0.4, 0.5) is 0 Å². The van der Waals surface area contributed by atoms with Gasteiger partial charge in [-0.1, -0.05) is 35.0 Å². The van der Waals surface area contributed by atoms with Gasteiger partial charge in [-0.25, -0.2) is 4.68 Å². The maximum atomic E-state index is 12.3. The highest BCUT2D eigenvalue weighted by Gasteiger charge is 2.23. The second-order valence-electron chi connectivity index (χ2n) is 5.94. The SMILES string of the molecule is COc1c(C(=O)NCC2CCCO2)nnn1Cc1ccc(C)cc1. The minimum absolute atomic E-state index is 0.0857. The first-order valence-electron chi connectivity index (χ1n) is 8.10. The van der Waals surface area contributed by atoms with Crippen LogP contribution in [0, 0.1) is 6.92 Å². The van der Waals surface area contributed by atoms with E-state index < -0.39 is 0 Å². The molecule has 7 nitrogen and oxygen atoms in total. The molecule has 0 spiro atoms. The molecular formula is C17H22N4O3. The van der Waals surface area contributed by atoms with E-state index >= 15 is 0 Å². The molecule has 1 amide bonds. The molecule has 0 radical (unpaired) electrons. The standard InChI is InChI=1S/C17H22N4O3/c1-12-5-7-13(8-6-12)11-21-17(23-2)15(19-20-21)16(22)18-10-14-4-3-9-24-14/h5-8,14H,3-4,9-11H2,1-2H3,(H,18,22). The summed E-state index contributed by atoms with van der Waals surface area (Å²) >= 11 is 0. The van der Waals surface area contributed by atoms with E-state index in [2.05, 4.69) is 15.6 Å². The van der Waals surface area contributed by atoms with Gasteiger partial charge in [0, 0.05) is 13.2 Å².